The number of rotatable bonds is 5. The zero-order chi connectivity index (χ0) is 12.0. The molecule has 0 aromatic rings. The van der Waals surface area contributed by atoms with E-state index in [1.807, 2.05) is 0 Å². The Bertz CT molecular complexity index is 219. The lowest BCUT2D eigenvalue weighted by Crippen LogP contribution is -2.58. The van der Waals surface area contributed by atoms with Gasteiger partial charge in [0, 0.05) is 0 Å². The van der Waals surface area contributed by atoms with Crippen molar-refractivity contribution in [2.75, 3.05) is 25.6 Å². The minimum Gasteiger partial charge on any atom is -0.394 e. The standard InChI is InChI=1S/C10H19NO4S/c12-5-10(6-13,7-14)11-9(15)8-3-1-2-4-16-8/h8,12-14H,1-7H2,(H,11,15). The van der Waals surface area contributed by atoms with Crippen LogP contribution in [0, 0.1) is 0 Å². The molecule has 0 radical (unpaired) electrons. The summed E-state index contributed by atoms with van der Waals surface area (Å²) < 4.78 is 0. The first-order valence-electron chi connectivity index (χ1n) is 5.43. The molecule has 5 nitrogen and oxygen atoms in total. The summed E-state index contributed by atoms with van der Waals surface area (Å²) in [6, 6.07) is 0. The van der Waals surface area contributed by atoms with Crippen molar-refractivity contribution < 1.29 is 20.1 Å². The van der Waals surface area contributed by atoms with Gasteiger partial charge in [-0.3, -0.25) is 4.79 Å². The lowest BCUT2D eigenvalue weighted by Gasteiger charge is -2.31. The number of carbonyl (C=O) groups is 1. The monoisotopic (exact) mass is 249 g/mol. The van der Waals surface area contributed by atoms with E-state index in [0.29, 0.717) is 0 Å². The maximum Gasteiger partial charge on any atom is 0.233 e. The van der Waals surface area contributed by atoms with E-state index < -0.39 is 25.4 Å². The Kier molecular flexibility index (Phi) is 5.54. The van der Waals surface area contributed by atoms with Crippen LogP contribution in [0.2, 0.25) is 0 Å². The number of carbonyl (C=O) groups excluding carboxylic acids is 1. The number of nitrogens with one attached hydrogen (secondary N) is 1. The van der Waals surface area contributed by atoms with Crippen molar-refractivity contribution in [2.24, 2.45) is 0 Å². The molecule has 1 rings (SSSR count). The van der Waals surface area contributed by atoms with Crippen LogP contribution < -0.4 is 5.32 Å². The number of amides is 1. The van der Waals surface area contributed by atoms with E-state index in [1.165, 1.54) is 0 Å². The van der Waals surface area contributed by atoms with Gasteiger partial charge in [0.25, 0.3) is 0 Å². The van der Waals surface area contributed by atoms with E-state index in [1.54, 1.807) is 11.8 Å². The Morgan fingerprint density at radius 1 is 1.25 bits per heavy atom. The molecular formula is C10H19NO4S. The lowest BCUT2D eigenvalue weighted by atomic mass is 10.0. The largest absolute Gasteiger partial charge is 0.394 e. The van der Waals surface area contributed by atoms with Crippen LogP contribution in [0.5, 0.6) is 0 Å². The first-order chi connectivity index (χ1) is 7.67. The van der Waals surface area contributed by atoms with Gasteiger partial charge in [0.15, 0.2) is 0 Å². The Morgan fingerprint density at radius 3 is 2.31 bits per heavy atom. The zero-order valence-corrected chi connectivity index (χ0v) is 10.0. The first-order valence-corrected chi connectivity index (χ1v) is 6.48. The van der Waals surface area contributed by atoms with Crippen molar-refractivity contribution in [3.8, 4) is 0 Å². The molecule has 0 aliphatic carbocycles. The second kappa shape index (κ2) is 6.44. The minimum atomic E-state index is -1.30. The number of aliphatic hydroxyl groups is 3. The van der Waals surface area contributed by atoms with Gasteiger partial charge >= 0.3 is 0 Å². The molecule has 0 bridgehead atoms. The number of hydrogen-bond donors (Lipinski definition) is 4. The summed E-state index contributed by atoms with van der Waals surface area (Å²) in [4.78, 5) is 11.8. The SMILES string of the molecule is O=C(NC(CO)(CO)CO)C1CCCCS1. The maximum atomic E-state index is 11.8. The maximum absolute atomic E-state index is 11.8. The van der Waals surface area contributed by atoms with Gasteiger partial charge in [-0.15, -0.1) is 11.8 Å². The van der Waals surface area contributed by atoms with Crippen molar-refractivity contribution in [3.63, 3.8) is 0 Å². The molecule has 1 unspecified atom stereocenters. The molecule has 4 N–H and O–H groups in total. The van der Waals surface area contributed by atoms with Gasteiger partial charge in [-0.25, -0.2) is 0 Å². The Hall–Kier alpha value is -0.300. The molecule has 16 heavy (non-hydrogen) atoms. The van der Waals surface area contributed by atoms with Crippen LogP contribution >= 0.6 is 11.8 Å². The van der Waals surface area contributed by atoms with Gasteiger partial charge in [0.2, 0.25) is 5.91 Å². The van der Waals surface area contributed by atoms with Gasteiger partial charge in [-0.2, -0.15) is 0 Å². The molecule has 94 valence electrons. The molecule has 6 heteroatoms. The third-order valence-electron chi connectivity index (χ3n) is 2.77. The minimum absolute atomic E-state index is 0.127. The Morgan fingerprint density at radius 2 is 1.88 bits per heavy atom. The molecule has 1 saturated heterocycles. The highest BCUT2D eigenvalue weighted by Gasteiger charge is 2.33. The summed E-state index contributed by atoms with van der Waals surface area (Å²) >= 11 is 1.59. The summed E-state index contributed by atoms with van der Waals surface area (Å²) in [6.07, 6.45) is 2.96. The van der Waals surface area contributed by atoms with Crippen LogP contribution in [0.3, 0.4) is 0 Å². The fourth-order valence-electron chi connectivity index (χ4n) is 1.56. The molecular weight excluding hydrogens is 230 g/mol. The predicted octanol–water partition coefficient (Wildman–Crippen LogP) is -0.896. The van der Waals surface area contributed by atoms with E-state index in [9.17, 15) is 4.79 Å². The summed E-state index contributed by atoms with van der Waals surface area (Å²) in [5, 5.41) is 29.7. The summed E-state index contributed by atoms with van der Waals surface area (Å²) in [5.74, 6) is 0.754. The zero-order valence-electron chi connectivity index (χ0n) is 9.19. The van der Waals surface area contributed by atoms with Gasteiger partial charge in [-0.1, -0.05) is 6.42 Å². The Balaban J connectivity index is 2.53. The molecule has 0 aromatic heterocycles. The average Bonchev–Trinajstić information content (AvgIpc) is 2.37. The summed E-state index contributed by atoms with van der Waals surface area (Å²) in [5.41, 5.74) is -1.30. The normalized spacial score (nSPS) is 21.8. The van der Waals surface area contributed by atoms with Gasteiger partial charge in [0.05, 0.1) is 25.1 Å². The predicted molar refractivity (Wildman–Crippen MR) is 62.2 cm³/mol. The number of thioether (sulfide) groups is 1. The topological polar surface area (TPSA) is 89.8 Å². The highest BCUT2D eigenvalue weighted by atomic mass is 32.2. The molecule has 1 amide bonds. The highest BCUT2D eigenvalue weighted by Crippen LogP contribution is 2.25. The smallest absolute Gasteiger partial charge is 0.233 e. The van der Waals surface area contributed by atoms with Gasteiger partial charge in [-0.05, 0) is 18.6 Å². The van der Waals surface area contributed by atoms with Crippen LogP contribution in [-0.2, 0) is 4.79 Å². The van der Waals surface area contributed by atoms with Crippen molar-refractivity contribution in [1.29, 1.82) is 0 Å². The van der Waals surface area contributed by atoms with Crippen LogP contribution in [0.4, 0.5) is 0 Å². The first kappa shape index (κ1) is 13.8. The Labute approximate surface area is 99.2 Å². The van der Waals surface area contributed by atoms with E-state index >= 15 is 0 Å². The fourth-order valence-corrected chi connectivity index (χ4v) is 2.76. The molecule has 1 heterocycles. The molecule has 0 spiro atoms. The fraction of sp³-hybridized carbons (Fsp3) is 0.900. The van der Waals surface area contributed by atoms with Gasteiger partial charge in [0.1, 0.15) is 5.54 Å². The van der Waals surface area contributed by atoms with Crippen LogP contribution in [0.25, 0.3) is 0 Å². The van der Waals surface area contributed by atoms with Crippen molar-refractivity contribution in [1.82, 2.24) is 5.32 Å². The number of aliphatic hydroxyl groups excluding tert-OH is 3. The van der Waals surface area contributed by atoms with Crippen molar-refractivity contribution >= 4 is 17.7 Å². The van der Waals surface area contributed by atoms with Crippen molar-refractivity contribution in [3.05, 3.63) is 0 Å². The third-order valence-corrected chi connectivity index (χ3v) is 4.15. The van der Waals surface area contributed by atoms with Gasteiger partial charge < -0.3 is 20.6 Å². The van der Waals surface area contributed by atoms with E-state index in [0.717, 1.165) is 25.0 Å². The molecule has 0 saturated carbocycles. The number of hydrogen-bond acceptors (Lipinski definition) is 5. The van der Waals surface area contributed by atoms with E-state index in [2.05, 4.69) is 5.32 Å². The van der Waals surface area contributed by atoms with Crippen LogP contribution in [-0.4, -0.2) is 57.6 Å². The molecule has 1 aliphatic heterocycles. The van der Waals surface area contributed by atoms with E-state index in [-0.39, 0.29) is 11.2 Å². The highest BCUT2D eigenvalue weighted by molar-refractivity contribution is 8.00. The molecule has 1 atom stereocenters. The summed E-state index contributed by atoms with van der Waals surface area (Å²) in [6.45, 7) is -1.41. The summed E-state index contributed by atoms with van der Waals surface area (Å²) in [7, 11) is 0. The van der Waals surface area contributed by atoms with E-state index in [4.69, 9.17) is 15.3 Å². The molecule has 1 fully saturated rings. The quantitative estimate of drug-likeness (QED) is 0.507. The second-order valence-electron chi connectivity index (χ2n) is 4.10. The van der Waals surface area contributed by atoms with Crippen LogP contribution in [0.15, 0.2) is 0 Å². The van der Waals surface area contributed by atoms with Crippen molar-refractivity contribution in [2.45, 2.75) is 30.1 Å². The lowest BCUT2D eigenvalue weighted by molar-refractivity contribution is -0.125. The second-order valence-corrected chi connectivity index (χ2v) is 5.41. The average molecular weight is 249 g/mol. The van der Waals surface area contributed by atoms with Crippen LogP contribution in [0.1, 0.15) is 19.3 Å². The molecule has 1 aliphatic rings. The molecule has 0 aromatic carbocycles. The third kappa shape index (κ3) is 3.35.